The van der Waals surface area contributed by atoms with Gasteiger partial charge in [0.15, 0.2) is 0 Å². The molecule has 0 amide bonds. The number of thiazole rings is 1. The minimum Gasteiger partial charge on any atom is -0.474 e. The van der Waals surface area contributed by atoms with Crippen molar-refractivity contribution in [2.45, 2.75) is 6.92 Å². The average Bonchev–Trinajstić information content (AvgIpc) is 2.44. The van der Waals surface area contributed by atoms with Crippen LogP contribution in [0, 0.1) is 6.92 Å². The van der Waals surface area contributed by atoms with Gasteiger partial charge in [-0.25, -0.2) is 4.98 Å². The molecule has 0 fully saturated rings. The maximum absolute atomic E-state index is 8.57. The van der Waals surface area contributed by atoms with Crippen LogP contribution in [0.2, 0.25) is 0 Å². The zero-order chi connectivity index (χ0) is 9.68. The number of aromatic nitrogens is 1. The van der Waals surface area contributed by atoms with Gasteiger partial charge in [-0.05, 0) is 18.4 Å². The summed E-state index contributed by atoms with van der Waals surface area (Å²) in [6.07, 6.45) is 1.82. The zero-order valence-electron chi connectivity index (χ0n) is 7.53. The van der Waals surface area contributed by atoms with Crippen molar-refractivity contribution in [1.82, 2.24) is 4.98 Å². The second-order valence-corrected chi connectivity index (χ2v) is 3.82. The first-order chi connectivity index (χ1) is 6.27. The molecule has 0 unspecified atom stereocenters. The maximum atomic E-state index is 8.57. The molecule has 0 aliphatic carbocycles. The van der Waals surface area contributed by atoms with Crippen molar-refractivity contribution in [3.05, 3.63) is 15.3 Å². The molecule has 0 aliphatic rings. The molecular formula is C8H11AgNO2S2. The molecule has 1 rings (SSSR count). The summed E-state index contributed by atoms with van der Waals surface area (Å²) in [5.74, 6) is 0.571. The van der Waals surface area contributed by atoms with Gasteiger partial charge in [-0.3, -0.25) is 0 Å². The van der Waals surface area contributed by atoms with Gasteiger partial charge in [-0.2, -0.15) is 12.6 Å². The molecule has 83 valence electrons. The summed E-state index contributed by atoms with van der Waals surface area (Å²) >= 11 is 5.51. The SMILES string of the molecule is Cc1nc(OCCO)c(/C=C\S)s1.[Ag]. The fourth-order valence-corrected chi connectivity index (χ4v) is 1.87. The fraction of sp³-hybridized carbons (Fsp3) is 0.375. The molecule has 0 aromatic carbocycles. The Morgan fingerprint density at radius 3 is 2.93 bits per heavy atom. The van der Waals surface area contributed by atoms with Crippen LogP contribution in [0.3, 0.4) is 0 Å². The van der Waals surface area contributed by atoms with Crippen molar-refractivity contribution in [1.29, 1.82) is 0 Å². The number of aliphatic hydroxyl groups excluding tert-OH is 1. The standard InChI is InChI=1S/C8H11NO2S2.Ag/c1-6-9-8(11-4-3-10)7(13-6)2-5-12;/h2,5,10,12H,3-4H2,1H3;/b5-2-;. The number of aryl methyl sites for hydroxylation is 1. The molecule has 0 aliphatic heterocycles. The second kappa shape index (κ2) is 7.50. The van der Waals surface area contributed by atoms with Gasteiger partial charge >= 0.3 is 0 Å². The molecule has 0 atom stereocenters. The Labute approximate surface area is 108 Å². The molecule has 0 spiro atoms. The van der Waals surface area contributed by atoms with E-state index in [1.54, 1.807) is 5.41 Å². The predicted molar refractivity (Wildman–Crippen MR) is 57.5 cm³/mol. The minimum absolute atomic E-state index is 0. The van der Waals surface area contributed by atoms with E-state index in [1.807, 2.05) is 13.0 Å². The summed E-state index contributed by atoms with van der Waals surface area (Å²) in [7, 11) is 0. The average molecular weight is 325 g/mol. The van der Waals surface area contributed by atoms with Gasteiger partial charge in [0.2, 0.25) is 5.88 Å². The molecular weight excluding hydrogens is 314 g/mol. The van der Waals surface area contributed by atoms with Crippen LogP contribution in [0.1, 0.15) is 9.88 Å². The fourth-order valence-electron chi connectivity index (χ4n) is 0.842. The molecule has 1 aromatic rings. The predicted octanol–water partition coefficient (Wildman–Crippen LogP) is 1.72. The molecule has 6 heteroatoms. The van der Waals surface area contributed by atoms with Gasteiger partial charge in [0.05, 0.1) is 16.5 Å². The van der Waals surface area contributed by atoms with Crippen LogP contribution in [-0.4, -0.2) is 23.3 Å². The summed E-state index contributed by atoms with van der Waals surface area (Å²) in [5.41, 5.74) is 0. The Morgan fingerprint density at radius 1 is 1.64 bits per heavy atom. The largest absolute Gasteiger partial charge is 0.474 e. The van der Waals surface area contributed by atoms with E-state index in [1.165, 1.54) is 11.3 Å². The van der Waals surface area contributed by atoms with Crippen LogP contribution < -0.4 is 4.74 Å². The van der Waals surface area contributed by atoms with Crippen molar-refractivity contribution >= 4 is 30.0 Å². The number of thiol groups is 1. The van der Waals surface area contributed by atoms with E-state index in [9.17, 15) is 0 Å². The third-order valence-corrected chi connectivity index (χ3v) is 2.35. The van der Waals surface area contributed by atoms with E-state index in [0.717, 1.165) is 9.88 Å². The molecule has 0 saturated heterocycles. The zero-order valence-corrected chi connectivity index (χ0v) is 10.7. The number of hydrogen-bond donors (Lipinski definition) is 2. The van der Waals surface area contributed by atoms with Crippen molar-refractivity contribution < 1.29 is 32.2 Å². The van der Waals surface area contributed by atoms with Crippen LogP contribution in [0.5, 0.6) is 5.88 Å². The van der Waals surface area contributed by atoms with Crippen molar-refractivity contribution in [3.8, 4) is 5.88 Å². The second-order valence-electron chi connectivity index (χ2n) is 2.29. The van der Waals surface area contributed by atoms with Crippen LogP contribution in [-0.2, 0) is 22.4 Å². The monoisotopic (exact) mass is 324 g/mol. The number of ether oxygens (including phenoxy) is 1. The Balaban J connectivity index is 0.00000169. The molecule has 1 N–H and O–H groups in total. The number of aliphatic hydroxyl groups is 1. The normalized spacial score (nSPS) is 10.2. The van der Waals surface area contributed by atoms with E-state index < -0.39 is 0 Å². The van der Waals surface area contributed by atoms with Crippen LogP contribution in [0.15, 0.2) is 5.41 Å². The molecule has 14 heavy (non-hydrogen) atoms. The summed E-state index contributed by atoms with van der Waals surface area (Å²) in [6, 6.07) is 0. The molecule has 1 aromatic heterocycles. The third kappa shape index (κ3) is 4.16. The molecule has 0 bridgehead atoms. The van der Waals surface area contributed by atoms with Gasteiger partial charge in [0.25, 0.3) is 0 Å². The molecule has 1 heterocycles. The smallest absolute Gasteiger partial charge is 0.232 e. The maximum Gasteiger partial charge on any atom is 0.232 e. The molecule has 1 radical (unpaired) electrons. The van der Waals surface area contributed by atoms with E-state index in [-0.39, 0.29) is 35.6 Å². The number of nitrogens with zero attached hydrogens (tertiary/aromatic N) is 1. The van der Waals surface area contributed by atoms with Crippen molar-refractivity contribution in [2.24, 2.45) is 0 Å². The summed E-state index contributed by atoms with van der Waals surface area (Å²) in [5, 5.41) is 11.1. The Kier molecular flexibility index (Phi) is 7.62. The molecule has 0 saturated carbocycles. The Hall–Kier alpha value is 0.220. The molecule has 3 nitrogen and oxygen atoms in total. The van der Waals surface area contributed by atoms with Crippen LogP contribution in [0.4, 0.5) is 0 Å². The van der Waals surface area contributed by atoms with E-state index >= 15 is 0 Å². The Morgan fingerprint density at radius 2 is 2.36 bits per heavy atom. The van der Waals surface area contributed by atoms with Gasteiger partial charge in [-0.15, -0.1) is 11.3 Å². The van der Waals surface area contributed by atoms with E-state index in [0.29, 0.717) is 5.88 Å². The van der Waals surface area contributed by atoms with E-state index in [2.05, 4.69) is 17.6 Å². The topological polar surface area (TPSA) is 42.4 Å². The van der Waals surface area contributed by atoms with Gasteiger partial charge < -0.3 is 9.84 Å². The Bertz CT molecular complexity index is 302. The third-order valence-electron chi connectivity index (χ3n) is 1.28. The summed E-state index contributed by atoms with van der Waals surface area (Å²) in [6.45, 7) is 2.18. The summed E-state index contributed by atoms with van der Waals surface area (Å²) < 4.78 is 5.22. The van der Waals surface area contributed by atoms with Gasteiger partial charge in [0, 0.05) is 22.4 Å². The van der Waals surface area contributed by atoms with Crippen LogP contribution >= 0.6 is 24.0 Å². The first-order valence-corrected chi connectivity index (χ1v) is 5.13. The minimum atomic E-state index is 0. The quantitative estimate of drug-likeness (QED) is 0.654. The van der Waals surface area contributed by atoms with E-state index in [4.69, 9.17) is 9.84 Å². The van der Waals surface area contributed by atoms with Crippen LogP contribution in [0.25, 0.3) is 6.08 Å². The first-order valence-electron chi connectivity index (χ1n) is 3.79. The number of hydrogen-bond acceptors (Lipinski definition) is 5. The van der Waals surface area contributed by atoms with Gasteiger partial charge in [-0.1, -0.05) is 0 Å². The summed E-state index contributed by atoms with van der Waals surface area (Å²) in [4.78, 5) is 5.10. The van der Waals surface area contributed by atoms with Crippen molar-refractivity contribution in [2.75, 3.05) is 13.2 Å². The van der Waals surface area contributed by atoms with Crippen molar-refractivity contribution in [3.63, 3.8) is 0 Å². The number of rotatable bonds is 4. The van der Waals surface area contributed by atoms with Gasteiger partial charge in [0.1, 0.15) is 6.61 Å². The first kappa shape index (κ1) is 14.2.